The molecule has 0 heterocycles. The smallest absolute Gasteiger partial charge is 0.381 e. The van der Waals surface area contributed by atoms with Crippen LogP contribution in [0.4, 0.5) is 18.9 Å². The molecule has 0 aromatic heterocycles. The maximum atomic E-state index is 12.9. The van der Waals surface area contributed by atoms with Gasteiger partial charge in [-0.1, -0.05) is 50.3 Å². The van der Waals surface area contributed by atoms with Gasteiger partial charge < -0.3 is 5.32 Å². The fourth-order valence-electron chi connectivity index (χ4n) is 2.10. The largest absolute Gasteiger partial charge is 0.418 e. The third kappa shape index (κ3) is 5.23. The number of hydrogen-bond donors (Lipinski definition) is 1. The van der Waals surface area contributed by atoms with E-state index in [1.54, 1.807) is 0 Å². The number of nitrogens with one attached hydrogen (secondary N) is 1. The minimum atomic E-state index is -4.39. The van der Waals surface area contributed by atoms with Crippen LogP contribution in [0.25, 0.3) is 0 Å². The molecule has 1 aromatic rings. The summed E-state index contributed by atoms with van der Waals surface area (Å²) in [4.78, 5) is 0. The molecule has 0 fully saturated rings. The first-order chi connectivity index (χ1) is 9.36. The normalized spacial score (nSPS) is 13.3. The van der Waals surface area contributed by atoms with E-state index in [4.69, 9.17) is 11.6 Å². The maximum absolute atomic E-state index is 12.9. The van der Waals surface area contributed by atoms with Crippen molar-refractivity contribution in [3.05, 3.63) is 28.8 Å². The van der Waals surface area contributed by atoms with Crippen molar-refractivity contribution in [2.24, 2.45) is 0 Å². The first-order valence-corrected chi connectivity index (χ1v) is 7.36. The van der Waals surface area contributed by atoms with Crippen LogP contribution in [0.1, 0.15) is 51.5 Å². The SMILES string of the molecule is CCCCCCC(C)Nc1c(Cl)cccc1C(F)(F)F. The number of unbranched alkanes of at least 4 members (excludes halogenated alkanes) is 3. The Kier molecular flexibility index (Phi) is 6.66. The van der Waals surface area contributed by atoms with Gasteiger partial charge in [-0.3, -0.25) is 0 Å². The second kappa shape index (κ2) is 7.77. The lowest BCUT2D eigenvalue weighted by Crippen LogP contribution is -2.19. The van der Waals surface area contributed by atoms with Crippen molar-refractivity contribution >= 4 is 17.3 Å². The molecular weight excluding hydrogens is 287 g/mol. The van der Waals surface area contributed by atoms with Gasteiger partial charge >= 0.3 is 6.18 Å². The molecular formula is C15H21ClF3N. The predicted molar refractivity (Wildman–Crippen MR) is 78.3 cm³/mol. The van der Waals surface area contributed by atoms with E-state index in [1.165, 1.54) is 12.1 Å². The van der Waals surface area contributed by atoms with Gasteiger partial charge in [-0.25, -0.2) is 0 Å². The Hall–Kier alpha value is -0.900. The molecule has 0 amide bonds. The molecule has 114 valence electrons. The molecule has 0 aliphatic heterocycles. The Morgan fingerprint density at radius 1 is 1.20 bits per heavy atom. The van der Waals surface area contributed by atoms with Gasteiger partial charge in [0.25, 0.3) is 0 Å². The van der Waals surface area contributed by atoms with Crippen LogP contribution in [-0.2, 0) is 6.18 Å². The molecule has 0 aliphatic rings. The van der Waals surface area contributed by atoms with Crippen LogP contribution in [0.3, 0.4) is 0 Å². The van der Waals surface area contributed by atoms with Crippen LogP contribution in [0, 0.1) is 0 Å². The van der Waals surface area contributed by atoms with Crippen molar-refractivity contribution in [3.63, 3.8) is 0 Å². The molecule has 1 N–H and O–H groups in total. The van der Waals surface area contributed by atoms with Gasteiger partial charge in [0.2, 0.25) is 0 Å². The number of benzene rings is 1. The zero-order valence-corrected chi connectivity index (χ0v) is 12.6. The average Bonchev–Trinajstić information content (AvgIpc) is 2.36. The van der Waals surface area contributed by atoms with E-state index in [2.05, 4.69) is 12.2 Å². The maximum Gasteiger partial charge on any atom is 0.418 e. The summed E-state index contributed by atoms with van der Waals surface area (Å²) < 4.78 is 38.8. The van der Waals surface area contributed by atoms with Crippen molar-refractivity contribution in [1.29, 1.82) is 0 Å². The topological polar surface area (TPSA) is 12.0 Å². The van der Waals surface area contributed by atoms with E-state index < -0.39 is 11.7 Å². The number of alkyl halides is 3. The van der Waals surface area contributed by atoms with Gasteiger partial charge in [-0.15, -0.1) is 0 Å². The van der Waals surface area contributed by atoms with Crippen molar-refractivity contribution in [2.45, 2.75) is 58.2 Å². The summed E-state index contributed by atoms with van der Waals surface area (Å²) in [5.74, 6) is 0. The van der Waals surface area contributed by atoms with Crippen molar-refractivity contribution < 1.29 is 13.2 Å². The van der Waals surface area contributed by atoms with Crippen molar-refractivity contribution in [2.75, 3.05) is 5.32 Å². The lowest BCUT2D eigenvalue weighted by molar-refractivity contribution is -0.137. The first-order valence-electron chi connectivity index (χ1n) is 6.98. The summed E-state index contributed by atoms with van der Waals surface area (Å²) >= 11 is 5.90. The Morgan fingerprint density at radius 2 is 1.90 bits per heavy atom. The Balaban J connectivity index is 2.71. The molecule has 1 nitrogen and oxygen atoms in total. The van der Waals surface area contributed by atoms with Crippen LogP contribution in [-0.4, -0.2) is 6.04 Å². The molecule has 1 rings (SSSR count). The summed E-state index contributed by atoms with van der Waals surface area (Å²) in [6, 6.07) is 3.82. The Labute approximate surface area is 123 Å². The predicted octanol–water partition coefficient (Wildman–Crippen LogP) is 6.13. The first kappa shape index (κ1) is 17.2. The summed E-state index contributed by atoms with van der Waals surface area (Å²) in [6.45, 7) is 4.01. The molecule has 0 radical (unpaired) electrons. The second-order valence-electron chi connectivity index (χ2n) is 5.05. The van der Waals surface area contributed by atoms with Gasteiger partial charge in [0.05, 0.1) is 16.3 Å². The highest BCUT2D eigenvalue weighted by Crippen LogP contribution is 2.38. The van der Waals surface area contributed by atoms with E-state index in [0.717, 1.165) is 38.2 Å². The lowest BCUT2D eigenvalue weighted by atomic mass is 10.1. The molecule has 1 atom stereocenters. The van der Waals surface area contributed by atoms with Gasteiger partial charge in [0, 0.05) is 6.04 Å². The number of hydrogen-bond acceptors (Lipinski definition) is 1. The quantitative estimate of drug-likeness (QED) is 0.597. The summed E-state index contributed by atoms with van der Waals surface area (Å²) in [6.07, 6.45) is 0.861. The fraction of sp³-hybridized carbons (Fsp3) is 0.600. The molecule has 0 spiro atoms. The third-order valence-electron chi connectivity index (χ3n) is 3.20. The molecule has 0 bridgehead atoms. The number of anilines is 1. The average molecular weight is 308 g/mol. The molecule has 0 saturated carbocycles. The monoisotopic (exact) mass is 307 g/mol. The van der Waals surface area contributed by atoms with Crippen LogP contribution in [0.5, 0.6) is 0 Å². The highest BCUT2D eigenvalue weighted by molar-refractivity contribution is 6.33. The van der Waals surface area contributed by atoms with E-state index in [0.29, 0.717) is 0 Å². The van der Waals surface area contributed by atoms with E-state index >= 15 is 0 Å². The highest BCUT2D eigenvalue weighted by Gasteiger charge is 2.34. The molecule has 0 aliphatic carbocycles. The van der Waals surface area contributed by atoms with Crippen LogP contribution in [0.15, 0.2) is 18.2 Å². The Morgan fingerprint density at radius 3 is 2.50 bits per heavy atom. The number of rotatable bonds is 7. The Bertz CT molecular complexity index is 418. The lowest BCUT2D eigenvalue weighted by Gasteiger charge is -2.20. The fourth-order valence-corrected chi connectivity index (χ4v) is 2.33. The van der Waals surface area contributed by atoms with Crippen LogP contribution in [0.2, 0.25) is 5.02 Å². The van der Waals surface area contributed by atoms with Crippen molar-refractivity contribution in [1.82, 2.24) is 0 Å². The van der Waals surface area contributed by atoms with Crippen LogP contribution < -0.4 is 5.32 Å². The minimum absolute atomic E-state index is 0.00958. The standard InChI is InChI=1S/C15H21ClF3N/c1-3-4-5-6-8-11(2)20-14-12(15(17,18)19)9-7-10-13(14)16/h7,9-11,20H,3-6,8H2,1-2H3. The molecule has 20 heavy (non-hydrogen) atoms. The van der Waals surface area contributed by atoms with E-state index in [-0.39, 0.29) is 16.8 Å². The van der Waals surface area contributed by atoms with Crippen LogP contribution >= 0.6 is 11.6 Å². The van der Waals surface area contributed by atoms with Gasteiger partial charge in [-0.05, 0) is 25.5 Å². The summed E-state index contributed by atoms with van der Waals surface area (Å²) in [5, 5.41) is 3.02. The second-order valence-corrected chi connectivity index (χ2v) is 5.46. The zero-order chi connectivity index (χ0) is 15.2. The zero-order valence-electron chi connectivity index (χ0n) is 11.9. The third-order valence-corrected chi connectivity index (χ3v) is 3.52. The van der Waals surface area contributed by atoms with E-state index in [1.807, 2.05) is 6.92 Å². The number of halogens is 4. The van der Waals surface area contributed by atoms with Crippen molar-refractivity contribution in [3.8, 4) is 0 Å². The molecule has 1 aromatic carbocycles. The summed E-state index contributed by atoms with van der Waals surface area (Å²) in [5.41, 5.74) is -0.713. The van der Waals surface area contributed by atoms with Gasteiger partial charge in [0.1, 0.15) is 0 Å². The van der Waals surface area contributed by atoms with Gasteiger partial charge in [-0.2, -0.15) is 13.2 Å². The highest BCUT2D eigenvalue weighted by atomic mass is 35.5. The summed E-state index contributed by atoms with van der Waals surface area (Å²) in [7, 11) is 0. The van der Waals surface area contributed by atoms with E-state index in [9.17, 15) is 13.2 Å². The molecule has 5 heteroatoms. The van der Waals surface area contributed by atoms with Gasteiger partial charge in [0.15, 0.2) is 0 Å². The molecule has 0 saturated heterocycles. The minimum Gasteiger partial charge on any atom is -0.381 e. The molecule has 1 unspecified atom stereocenters. The number of para-hydroxylation sites is 1.